The van der Waals surface area contributed by atoms with Gasteiger partial charge in [0.05, 0.1) is 19.8 Å². The summed E-state index contributed by atoms with van der Waals surface area (Å²) in [6, 6.07) is -0.577. The van der Waals surface area contributed by atoms with Gasteiger partial charge in [0.2, 0.25) is 11.8 Å². The Kier molecular flexibility index (Phi) is 24.9. The van der Waals surface area contributed by atoms with Gasteiger partial charge in [-0.25, -0.2) is 0 Å². The first kappa shape index (κ1) is 37.4. The van der Waals surface area contributed by atoms with Crippen LogP contribution in [0, 0.1) is 0 Å². The van der Waals surface area contributed by atoms with Gasteiger partial charge >= 0.3 is 11.9 Å². The van der Waals surface area contributed by atoms with Crippen molar-refractivity contribution in [3.63, 3.8) is 0 Å². The zero-order valence-corrected chi connectivity index (χ0v) is 24.2. The lowest BCUT2D eigenvalue weighted by Crippen LogP contribution is -2.33. The zero-order chi connectivity index (χ0) is 29.8. The van der Waals surface area contributed by atoms with Gasteiger partial charge in [0.15, 0.2) is 0 Å². The van der Waals surface area contributed by atoms with Crippen molar-refractivity contribution in [2.75, 3.05) is 46.6 Å². The molecule has 0 aromatic rings. The van der Waals surface area contributed by atoms with Crippen LogP contribution >= 0.6 is 0 Å². The molecule has 0 aliphatic rings. The Morgan fingerprint density at radius 3 is 1.85 bits per heavy atom. The highest BCUT2D eigenvalue weighted by Gasteiger charge is 2.13. The van der Waals surface area contributed by atoms with Gasteiger partial charge in [-0.1, -0.05) is 25.7 Å². The van der Waals surface area contributed by atoms with E-state index in [2.05, 4.69) is 16.0 Å². The molecule has 12 heteroatoms. The number of carbonyl (C=O) groups excluding carboxylic acids is 3. The fraction of sp³-hybridized carbons (Fsp3) is 0.821. The molecule has 0 saturated heterocycles. The Bertz CT molecular complexity index is 719. The molecule has 0 fully saturated rings. The maximum Gasteiger partial charge on any atom is 0.320 e. The molecule has 0 aromatic heterocycles. The molecular formula is C28H51N3O9. The van der Waals surface area contributed by atoms with Crippen molar-refractivity contribution in [3.8, 4) is 0 Å². The van der Waals surface area contributed by atoms with E-state index in [0.717, 1.165) is 32.1 Å². The number of carboxylic acid groups (broad SMARTS) is 2. The maximum absolute atomic E-state index is 11.9. The Labute approximate surface area is 238 Å². The summed E-state index contributed by atoms with van der Waals surface area (Å²) in [6.07, 6.45) is 9.26. The first-order valence-electron chi connectivity index (χ1n) is 14.6. The van der Waals surface area contributed by atoms with Crippen LogP contribution in [0.1, 0.15) is 96.3 Å². The fourth-order valence-corrected chi connectivity index (χ4v) is 3.87. The molecule has 12 nitrogen and oxygen atoms in total. The third-order valence-corrected chi connectivity index (χ3v) is 6.25. The summed E-state index contributed by atoms with van der Waals surface area (Å²) in [5.41, 5.74) is 0. The molecule has 0 aromatic carbocycles. The van der Waals surface area contributed by atoms with Gasteiger partial charge < -0.3 is 35.6 Å². The largest absolute Gasteiger partial charge is 0.481 e. The van der Waals surface area contributed by atoms with E-state index >= 15 is 0 Å². The van der Waals surface area contributed by atoms with Crippen LogP contribution in [0.2, 0.25) is 0 Å². The van der Waals surface area contributed by atoms with Gasteiger partial charge in [0, 0.05) is 51.8 Å². The van der Waals surface area contributed by atoms with Crippen LogP contribution in [0.5, 0.6) is 0 Å². The average Bonchev–Trinajstić information content (AvgIpc) is 2.91. The Hall–Kier alpha value is -2.57. The number of carboxylic acids is 2. The summed E-state index contributed by atoms with van der Waals surface area (Å²) in [4.78, 5) is 56.9. The second kappa shape index (κ2) is 26.6. The number of rotatable bonds is 29. The molecule has 40 heavy (non-hydrogen) atoms. The number of likely N-dealkylation sites (N-methyl/N-ethyl adjacent to an activating group) is 1. The number of carbonyl (C=O) groups is 5. The van der Waals surface area contributed by atoms with Gasteiger partial charge in [-0.3, -0.25) is 24.0 Å². The Balaban J connectivity index is 3.44. The minimum atomic E-state index is -0.884. The minimum Gasteiger partial charge on any atom is -0.481 e. The van der Waals surface area contributed by atoms with Gasteiger partial charge in [-0.2, -0.15) is 0 Å². The molecule has 232 valence electrons. The number of Topliss-reactive ketones (excluding diaryl/α,β-unsaturated/α-hetero) is 1. The van der Waals surface area contributed by atoms with Gasteiger partial charge in [0.25, 0.3) is 0 Å². The summed E-state index contributed by atoms with van der Waals surface area (Å²) < 4.78 is 10.9. The van der Waals surface area contributed by atoms with Crippen molar-refractivity contribution in [1.29, 1.82) is 0 Å². The van der Waals surface area contributed by atoms with Gasteiger partial charge in [-0.15, -0.1) is 0 Å². The second-order valence-electron chi connectivity index (χ2n) is 9.76. The molecule has 0 rings (SSSR count). The number of unbranched alkanes of at least 4 members (excludes halogenated alkanes) is 6. The Morgan fingerprint density at radius 2 is 1.20 bits per heavy atom. The SMILES string of the molecule is CN[C@@H](CCCCNC(=O)CCC(=O)CCCOCCOCCNC(=O)CCCCCCCCC(=O)O)C(=O)O. The highest BCUT2D eigenvalue weighted by atomic mass is 16.5. The lowest BCUT2D eigenvalue weighted by Gasteiger charge is -2.10. The number of ketones is 1. The molecule has 1 atom stereocenters. The quantitative estimate of drug-likeness (QED) is 0.0834. The summed E-state index contributed by atoms with van der Waals surface area (Å²) in [6.45, 7) is 2.54. The first-order chi connectivity index (χ1) is 19.3. The topological polar surface area (TPSA) is 180 Å². The second-order valence-corrected chi connectivity index (χ2v) is 9.76. The predicted molar refractivity (Wildman–Crippen MR) is 150 cm³/mol. The van der Waals surface area contributed by atoms with Crippen molar-refractivity contribution >= 4 is 29.5 Å². The highest BCUT2D eigenvalue weighted by molar-refractivity contribution is 5.84. The molecule has 0 aliphatic heterocycles. The summed E-state index contributed by atoms with van der Waals surface area (Å²) >= 11 is 0. The van der Waals surface area contributed by atoms with Gasteiger partial charge in [-0.05, 0) is 45.6 Å². The van der Waals surface area contributed by atoms with Crippen LogP contribution < -0.4 is 16.0 Å². The fourth-order valence-electron chi connectivity index (χ4n) is 3.87. The molecule has 2 amide bonds. The van der Waals surface area contributed by atoms with Crippen molar-refractivity contribution in [2.24, 2.45) is 0 Å². The van der Waals surface area contributed by atoms with E-state index in [-0.39, 0.29) is 36.9 Å². The highest BCUT2D eigenvalue weighted by Crippen LogP contribution is 2.08. The predicted octanol–water partition coefficient (Wildman–Crippen LogP) is 2.43. The van der Waals surface area contributed by atoms with E-state index < -0.39 is 18.0 Å². The maximum atomic E-state index is 11.9. The number of hydrogen-bond donors (Lipinski definition) is 5. The number of ether oxygens (including phenoxy) is 2. The molecule has 0 unspecified atom stereocenters. The van der Waals surface area contributed by atoms with E-state index in [4.69, 9.17) is 19.7 Å². The van der Waals surface area contributed by atoms with Crippen molar-refractivity contribution < 1.29 is 43.7 Å². The molecule has 0 saturated carbocycles. The minimum absolute atomic E-state index is 0.00345. The van der Waals surface area contributed by atoms with Crippen LogP contribution in [0.4, 0.5) is 0 Å². The molecule has 0 aliphatic carbocycles. The zero-order valence-electron chi connectivity index (χ0n) is 24.2. The molecule has 5 N–H and O–H groups in total. The lowest BCUT2D eigenvalue weighted by atomic mass is 10.1. The summed E-state index contributed by atoms with van der Waals surface area (Å²) in [5.74, 6) is -1.80. The van der Waals surface area contributed by atoms with E-state index in [0.29, 0.717) is 84.5 Å². The van der Waals surface area contributed by atoms with E-state index in [1.807, 2.05) is 0 Å². The lowest BCUT2D eigenvalue weighted by molar-refractivity contribution is -0.139. The van der Waals surface area contributed by atoms with Crippen LogP contribution in [0.15, 0.2) is 0 Å². The van der Waals surface area contributed by atoms with Crippen LogP contribution in [0.25, 0.3) is 0 Å². The average molecular weight is 574 g/mol. The molecule has 0 bridgehead atoms. The normalized spacial score (nSPS) is 11.6. The number of nitrogens with one attached hydrogen (secondary N) is 3. The smallest absolute Gasteiger partial charge is 0.320 e. The van der Waals surface area contributed by atoms with E-state index in [1.165, 1.54) is 0 Å². The summed E-state index contributed by atoms with van der Waals surface area (Å²) in [7, 11) is 1.61. The third kappa shape index (κ3) is 25.7. The van der Waals surface area contributed by atoms with Crippen LogP contribution in [-0.4, -0.2) is 92.4 Å². The van der Waals surface area contributed by atoms with Crippen molar-refractivity contribution in [3.05, 3.63) is 0 Å². The summed E-state index contributed by atoms with van der Waals surface area (Å²) in [5, 5.41) is 25.8. The first-order valence-corrected chi connectivity index (χ1v) is 14.6. The van der Waals surface area contributed by atoms with Crippen molar-refractivity contribution in [2.45, 2.75) is 102 Å². The molecule has 0 radical (unpaired) electrons. The molecule has 0 spiro atoms. The number of hydrogen-bond acceptors (Lipinski definition) is 8. The Morgan fingerprint density at radius 1 is 0.600 bits per heavy atom. The van der Waals surface area contributed by atoms with Crippen molar-refractivity contribution in [1.82, 2.24) is 16.0 Å². The third-order valence-electron chi connectivity index (χ3n) is 6.25. The standard InChI is InChI=1S/C28H51N3O9/c1-29-24(28(37)38)12-8-9-17-30-26(34)16-15-23(32)11-10-19-39-21-22-40-20-18-31-25(33)13-6-4-2-3-5-7-14-27(35)36/h24,29H,2-22H2,1H3,(H,30,34)(H,31,33)(H,35,36)(H,37,38)/t24-/m0/s1. The van der Waals surface area contributed by atoms with E-state index in [9.17, 15) is 24.0 Å². The monoisotopic (exact) mass is 573 g/mol. The van der Waals surface area contributed by atoms with Crippen LogP contribution in [-0.2, 0) is 33.4 Å². The number of amides is 2. The van der Waals surface area contributed by atoms with Crippen LogP contribution in [0.3, 0.4) is 0 Å². The van der Waals surface area contributed by atoms with Gasteiger partial charge in [0.1, 0.15) is 11.8 Å². The molecule has 0 heterocycles. The van der Waals surface area contributed by atoms with E-state index in [1.54, 1.807) is 7.05 Å². The number of aliphatic carboxylic acids is 2. The molecular weight excluding hydrogens is 522 g/mol.